The van der Waals surface area contributed by atoms with Crippen LogP contribution in [-0.4, -0.2) is 122 Å². The minimum atomic E-state index is -4.44. The summed E-state index contributed by atoms with van der Waals surface area (Å²) in [5, 5.41) is 6.88. The molecular weight excluding hydrogens is 834 g/mol. The number of allylic oxidation sites excluding steroid dienone is 1. The molecule has 3 aliphatic heterocycles. The molecule has 0 radical (unpaired) electrons. The molecule has 7 rings (SSSR count). The normalized spacial score (nSPS) is 29.9. The Hall–Kier alpha value is -4.65. The summed E-state index contributed by atoms with van der Waals surface area (Å²) < 4.78 is 87.0. The molecule has 7 atom stereocenters. The van der Waals surface area contributed by atoms with E-state index < -0.39 is 92.3 Å². The number of pyridine rings is 1. The Labute approximate surface area is 359 Å². The second kappa shape index (κ2) is 17.1. The average molecular weight is 891 g/mol. The first-order valence-electron chi connectivity index (χ1n) is 21.4. The zero-order chi connectivity index (χ0) is 44.8. The number of morpholine rings is 1. The van der Waals surface area contributed by atoms with E-state index in [0.717, 1.165) is 24.9 Å². The fourth-order valence-corrected chi connectivity index (χ4v) is 10.1. The van der Waals surface area contributed by atoms with Crippen molar-refractivity contribution in [3.05, 3.63) is 42.6 Å². The number of aromatic nitrogens is 1. The van der Waals surface area contributed by atoms with Gasteiger partial charge < -0.3 is 34.6 Å². The number of sulfonamides is 1. The number of amides is 4. The van der Waals surface area contributed by atoms with E-state index in [1.165, 1.54) is 4.90 Å². The molecule has 0 spiro atoms. The summed E-state index contributed by atoms with van der Waals surface area (Å²) >= 11 is 0. The molecular formula is C43H57F3N6O9S. The van der Waals surface area contributed by atoms with E-state index in [4.69, 9.17) is 14.2 Å². The van der Waals surface area contributed by atoms with Gasteiger partial charge in [-0.2, -0.15) is 0 Å². The van der Waals surface area contributed by atoms with Gasteiger partial charge in [-0.05, 0) is 70.3 Å². The van der Waals surface area contributed by atoms with Crippen LogP contribution in [0.25, 0.3) is 10.8 Å². The van der Waals surface area contributed by atoms with Gasteiger partial charge in [0.2, 0.25) is 27.7 Å². The molecule has 2 saturated carbocycles. The maximum absolute atomic E-state index is 14.9. The highest BCUT2D eigenvalue weighted by atomic mass is 32.2. The van der Waals surface area contributed by atoms with E-state index in [2.05, 4.69) is 25.2 Å². The maximum Gasteiger partial charge on any atom is 0.408 e. The summed E-state index contributed by atoms with van der Waals surface area (Å²) in [6.07, 6.45) is 4.84. The lowest BCUT2D eigenvalue weighted by molar-refractivity contribution is -0.152. The summed E-state index contributed by atoms with van der Waals surface area (Å²) in [5.74, 6) is -6.89. The zero-order valence-corrected chi connectivity index (χ0v) is 36.6. The van der Waals surface area contributed by atoms with Gasteiger partial charge in [0, 0.05) is 43.1 Å². The van der Waals surface area contributed by atoms with Crippen LogP contribution < -0.4 is 25.0 Å². The number of hydrogen-bond donors (Lipinski definition) is 3. The topological polar surface area (TPSA) is 186 Å². The van der Waals surface area contributed by atoms with Crippen LogP contribution in [0.1, 0.15) is 79.6 Å². The molecule has 4 amide bonds. The van der Waals surface area contributed by atoms with Crippen molar-refractivity contribution in [3.8, 4) is 5.88 Å². The van der Waals surface area contributed by atoms with Crippen molar-refractivity contribution in [2.75, 3.05) is 44.4 Å². The van der Waals surface area contributed by atoms with Crippen molar-refractivity contribution in [2.24, 2.45) is 17.8 Å². The van der Waals surface area contributed by atoms with Crippen molar-refractivity contribution in [3.63, 3.8) is 0 Å². The third kappa shape index (κ3) is 9.06. The molecule has 2 saturated heterocycles. The second-order valence-electron chi connectivity index (χ2n) is 18.3. The minimum absolute atomic E-state index is 0.0119. The van der Waals surface area contributed by atoms with Gasteiger partial charge in [0.15, 0.2) is 5.60 Å². The number of halogens is 3. The van der Waals surface area contributed by atoms with E-state index in [9.17, 15) is 40.8 Å². The Morgan fingerprint density at radius 3 is 2.42 bits per heavy atom. The molecule has 62 heavy (non-hydrogen) atoms. The van der Waals surface area contributed by atoms with Gasteiger partial charge in [-0.15, -0.1) is 0 Å². The summed E-state index contributed by atoms with van der Waals surface area (Å²) in [6.45, 7) is 7.55. The molecule has 0 bridgehead atoms. The van der Waals surface area contributed by atoms with Crippen LogP contribution in [0.4, 0.5) is 23.7 Å². The predicted molar refractivity (Wildman–Crippen MR) is 223 cm³/mol. The van der Waals surface area contributed by atoms with Crippen molar-refractivity contribution in [1.29, 1.82) is 0 Å². The molecule has 4 fully saturated rings. The Balaban J connectivity index is 1.23. The Bertz CT molecular complexity index is 2200. The summed E-state index contributed by atoms with van der Waals surface area (Å²) in [7, 11) is -4.44. The predicted octanol–water partition coefficient (Wildman–Crippen LogP) is 4.78. The quantitative estimate of drug-likeness (QED) is 0.279. The molecule has 2 aliphatic carbocycles. The second-order valence-corrected chi connectivity index (χ2v) is 20.4. The molecule has 19 heteroatoms. The number of alkyl carbamates (subject to hydrolysis) is 1. The van der Waals surface area contributed by atoms with E-state index in [-0.39, 0.29) is 44.0 Å². The van der Waals surface area contributed by atoms with Crippen LogP contribution in [0.5, 0.6) is 5.88 Å². The van der Waals surface area contributed by atoms with Crippen molar-refractivity contribution in [2.45, 2.75) is 120 Å². The highest BCUT2D eigenvalue weighted by molar-refractivity contribution is 7.91. The summed E-state index contributed by atoms with van der Waals surface area (Å²) in [4.78, 5) is 65.0. The van der Waals surface area contributed by atoms with Crippen molar-refractivity contribution >= 4 is 50.3 Å². The summed E-state index contributed by atoms with van der Waals surface area (Å²) in [5.41, 5.74) is -3.08. The van der Waals surface area contributed by atoms with Crippen LogP contribution in [0.3, 0.4) is 0 Å². The minimum Gasteiger partial charge on any atom is -0.472 e. The van der Waals surface area contributed by atoms with Gasteiger partial charge in [-0.1, -0.05) is 44.2 Å². The molecule has 3 N–H and O–H groups in total. The monoisotopic (exact) mass is 890 g/mol. The van der Waals surface area contributed by atoms with E-state index in [1.54, 1.807) is 19.2 Å². The highest BCUT2D eigenvalue weighted by Gasteiger charge is 2.64. The van der Waals surface area contributed by atoms with Gasteiger partial charge >= 0.3 is 6.09 Å². The van der Waals surface area contributed by atoms with Gasteiger partial charge in [0.05, 0.1) is 31.6 Å². The Morgan fingerprint density at radius 1 is 1.06 bits per heavy atom. The van der Waals surface area contributed by atoms with Crippen LogP contribution in [0.2, 0.25) is 0 Å². The molecule has 340 valence electrons. The number of anilines is 1. The lowest BCUT2D eigenvalue weighted by Crippen LogP contribution is -2.60. The van der Waals surface area contributed by atoms with Gasteiger partial charge in [-0.25, -0.2) is 31.4 Å². The maximum atomic E-state index is 14.9. The van der Waals surface area contributed by atoms with E-state index >= 15 is 0 Å². The highest BCUT2D eigenvalue weighted by Crippen LogP contribution is 2.48. The van der Waals surface area contributed by atoms with Gasteiger partial charge in [0.25, 0.3) is 11.8 Å². The van der Waals surface area contributed by atoms with Crippen LogP contribution in [-0.2, 0) is 33.9 Å². The van der Waals surface area contributed by atoms with Crippen LogP contribution >= 0.6 is 0 Å². The molecule has 4 heterocycles. The largest absolute Gasteiger partial charge is 0.472 e. The summed E-state index contributed by atoms with van der Waals surface area (Å²) in [6, 6.07) is 4.88. The number of nitrogens with zero attached hydrogens (tertiary/aromatic N) is 3. The molecule has 15 nitrogen and oxygen atoms in total. The first kappa shape index (κ1) is 45.4. The number of alkyl halides is 3. The molecule has 1 aromatic carbocycles. The fraction of sp³-hybridized carbons (Fsp3) is 0.651. The van der Waals surface area contributed by atoms with E-state index in [1.807, 2.05) is 37.3 Å². The first-order chi connectivity index (χ1) is 29.2. The molecule has 5 aliphatic rings. The van der Waals surface area contributed by atoms with Crippen LogP contribution in [0.15, 0.2) is 42.6 Å². The number of carbonyl (C=O) groups is 4. The number of benzene rings is 1. The average Bonchev–Trinajstić information content (AvgIpc) is 4.12. The number of hydrogen-bond acceptors (Lipinski definition) is 11. The molecule has 2 aromatic rings. The molecule has 0 unspecified atom stereocenters. The van der Waals surface area contributed by atoms with Crippen molar-refractivity contribution in [1.82, 2.24) is 25.2 Å². The third-order valence-electron chi connectivity index (χ3n) is 13.3. The van der Waals surface area contributed by atoms with Crippen molar-refractivity contribution < 1.29 is 55.0 Å². The standard InChI is InChI=1S/C43H57F3N6O9S/c1-26-10-6-7-11-28-22-43(28,38(55)50-62(57,58)42(25-44)14-15-42)49-35(53)32-21-29(60-36-31-13-9-8-12-30(31)33(23-47-36)51-16-18-59-19-17-51)24-52(32)37(54)34(27(2)20-26)48-39(56)61-40(3,4)41(5,45)46/h7-9,11-13,23,26-29,32,34H,6,10,14-22,24-25H2,1-5H3,(H,48,56)(H,49,53)(H,50,55)/b11-7-/t26-,27+,28+,29+,32-,34-,43+/m0/s1. The molecule has 1 aromatic heterocycles. The Kier molecular flexibility index (Phi) is 12.5. The number of nitrogens with one attached hydrogen (secondary N) is 3. The fourth-order valence-electron chi connectivity index (χ4n) is 8.69. The van der Waals surface area contributed by atoms with E-state index in [0.29, 0.717) is 57.9 Å². The number of ether oxygens (including phenoxy) is 3. The van der Waals surface area contributed by atoms with Crippen LogP contribution in [0, 0.1) is 17.8 Å². The number of carbonyl (C=O) groups excluding carboxylic acids is 4. The lowest BCUT2D eigenvalue weighted by Gasteiger charge is -2.35. The SMILES string of the molecule is C[C@H]1CC/C=C\[C@@H]2C[C@@]2(C(=O)NS(=O)(=O)C2(CF)CC2)NC(=O)[C@@H]2C[C@@H](Oc3ncc(N4CCOCC4)c4ccccc34)CN2C(=O)[C@@H](NC(=O)OC(C)(C)C(C)(F)F)[C@H](C)C1. The zero-order valence-electron chi connectivity index (χ0n) is 35.8. The number of rotatable bonds is 10. The van der Waals surface area contributed by atoms with Gasteiger partial charge in [-0.3, -0.25) is 19.1 Å². The Morgan fingerprint density at radius 2 is 1.76 bits per heavy atom. The lowest BCUT2D eigenvalue weighted by atomic mass is 9.88. The van der Waals surface area contributed by atoms with Gasteiger partial charge in [0.1, 0.15) is 35.1 Å². The number of fused-ring (bicyclic) bond motifs is 3. The third-order valence-corrected chi connectivity index (χ3v) is 15.4. The smallest absolute Gasteiger partial charge is 0.408 e. The first-order valence-corrected chi connectivity index (χ1v) is 22.9.